The average molecular weight is 379 g/mol. The van der Waals surface area contributed by atoms with Gasteiger partial charge in [-0.25, -0.2) is 8.42 Å². The van der Waals surface area contributed by atoms with E-state index >= 15 is 0 Å². The molecule has 1 aromatic carbocycles. The van der Waals surface area contributed by atoms with E-state index in [1.54, 1.807) is 29.2 Å². The standard InChI is InChI=1S/C18H25N3O4S/c1-26(24,25)18(7-9-19-10-8-18)17(23)20-15-6-4-5-14(13-15)16(22)21-11-2-3-12-21/h4-6,13,19H,2-3,7-12H2,1H3,(H,20,23). The first kappa shape index (κ1) is 18.8. The molecular formula is C18H25N3O4S. The SMILES string of the molecule is CS(=O)(=O)C1(C(=O)Nc2cccc(C(=O)N3CCCC3)c2)CCNCC1. The van der Waals surface area contributed by atoms with Gasteiger partial charge in [-0.3, -0.25) is 9.59 Å². The number of sulfone groups is 1. The van der Waals surface area contributed by atoms with E-state index in [2.05, 4.69) is 10.6 Å². The van der Waals surface area contributed by atoms with Crippen LogP contribution in [-0.4, -0.2) is 62.3 Å². The van der Waals surface area contributed by atoms with Crippen LogP contribution in [0, 0.1) is 0 Å². The lowest BCUT2D eigenvalue weighted by Gasteiger charge is -2.34. The lowest BCUT2D eigenvalue weighted by molar-refractivity contribution is -0.119. The van der Waals surface area contributed by atoms with Crippen molar-refractivity contribution in [2.24, 2.45) is 0 Å². The molecule has 2 aliphatic heterocycles. The fourth-order valence-corrected chi connectivity index (χ4v) is 5.01. The summed E-state index contributed by atoms with van der Waals surface area (Å²) < 4.78 is 23.3. The Morgan fingerprint density at radius 1 is 1.15 bits per heavy atom. The lowest BCUT2D eigenvalue weighted by Crippen LogP contribution is -2.55. The Morgan fingerprint density at radius 3 is 2.42 bits per heavy atom. The number of carbonyl (C=O) groups is 2. The summed E-state index contributed by atoms with van der Waals surface area (Å²) in [6.07, 6.45) is 3.61. The number of benzene rings is 1. The van der Waals surface area contributed by atoms with Gasteiger partial charge in [0.25, 0.3) is 5.91 Å². The van der Waals surface area contributed by atoms with Gasteiger partial charge in [0.05, 0.1) is 0 Å². The number of rotatable bonds is 4. The molecule has 3 rings (SSSR count). The fourth-order valence-electron chi connectivity index (χ4n) is 3.67. The molecule has 0 atom stereocenters. The van der Waals surface area contributed by atoms with Crippen molar-refractivity contribution in [1.29, 1.82) is 0 Å². The van der Waals surface area contributed by atoms with Crippen LogP contribution in [0.15, 0.2) is 24.3 Å². The Hall–Kier alpha value is -1.93. The third-order valence-corrected chi connectivity index (χ3v) is 7.31. The Labute approximate surface area is 154 Å². The van der Waals surface area contributed by atoms with Gasteiger partial charge in [-0.15, -0.1) is 0 Å². The molecule has 0 unspecified atom stereocenters. The summed E-state index contributed by atoms with van der Waals surface area (Å²) in [6.45, 7) is 2.46. The molecule has 2 N–H and O–H groups in total. The number of amides is 2. The van der Waals surface area contributed by atoms with Crippen LogP contribution >= 0.6 is 0 Å². The first-order chi connectivity index (χ1) is 12.3. The minimum Gasteiger partial charge on any atom is -0.339 e. The predicted molar refractivity (Wildman–Crippen MR) is 99.9 cm³/mol. The maximum Gasteiger partial charge on any atom is 0.253 e. The monoisotopic (exact) mass is 379 g/mol. The molecule has 0 aromatic heterocycles. The van der Waals surface area contributed by atoms with E-state index < -0.39 is 20.5 Å². The van der Waals surface area contributed by atoms with Crippen molar-refractivity contribution in [3.63, 3.8) is 0 Å². The first-order valence-corrected chi connectivity index (χ1v) is 10.8. The van der Waals surface area contributed by atoms with E-state index in [-0.39, 0.29) is 18.7 Å². The lowest BCUT2D eigenvalue weighted by atomic mass is 9.95. The van der Waals surface area contributed by atoms with Crippen molar-refractivity contribution in [2.45, 2.75) is 30.4 Å². The second-order valence-electron chi connectivity index (χ2n) is 7.05. The van der Waals surface area contributed by atoms with Gasteiger partial charge in [0, 0.05) is 30.6 Å². The number of carbonyl (C=O) groups excluding carboxylic acids is 2. The molecule has 0 radical (unpaired) electrons. The van der Waals surface area contributed by atoms with Gasteiger partial charge in [0.2, 0.25) is 5.91 Å². The third-order valence-electron chi connectivity index (χ3n) is 5.30. The minimum atomic E-state index is -3.57. The summed E-state index contributed by atoms with van der Waals surface area (Å²) in [5.41, 5.74) is 0.949. The molecule has 7 nitrogen and oxygen atoms in total. The molecule has 2 heterocycles. The molecule has 0 bridgehead atoms. The molecule has 8 heteroatoms. The van der Waals surface area contributed by atoms with Gasteiger partial charge in [0.1, 0.15) is 0 Å². The smallest absolute Gasteiger partial charge is 0.253 e. The van der Waals surface area contributed by atoms with Crippen molar-refractivity contribution in [3.05, 3.63) is 29.8 Å². The van der Waals surface area contributed by atoms with Crippen LogP contribution in [0.3, 0.4) is 0 Å². The number of nitrogens with one attached hydrogen (secondary N) is 2. The number of nitrogens with zero attached hydrogens (tertiary/aromatic N) is 1. The fraction of sp³-hybridized carbons (Fsp3) is 0.556. The second-order valence-corrected chi connectivity index (χ2v) is 9.38. The van der Waals surface area contributed by atoms with E-state index in [9.17, 15) is 18.0 Å². The molecule has 0 spiro atoms. The third kappa shape index (κ3) is 3.61. The highest BCUT2D eigenvalue weighted by atomic mass is 32.2. The Kier molecular flexibility index (Phi) is 5.34. The van der Waals surface area contributed by atoms with Crippen molar-refractivity contribution in [1.82, 2.24) is 10.2 Å². The van der Waals surface area contributed by atoms with Crippen LogP contribution < -0.4 is 10.6 Å². The Balaban J connectivity index is 1.80. The van der Waals surface area contributed by atoms with E-state index in [0.29, 0.717) is 24.3 Å². The van der Waals surface area contributed by atoms with Gasteiger partial charge < -0.3 is 15.5 Å². The zero-order valence-electron chi connectivity index (χ0n) is 15.0. The molecular weight excluding hydrogens is 354 g/mol. The van der Waals surface area contributed by atoms with E-state index in [0.717, 1.165) is 32.2 Å². The van der Waals surface area contributed by atoms with Gasteiger partial charge in [-0.1, -0.05) is 6.07 Å². The highest BCUT2D eigenvalue weighted by Crippen LogP contribution is 2.29. The quantitative estimate of drug-likeness (QED) is 0.815. The minimum absolute atomic E-state index is 0.0571. The van der Waals surface area contributed by atoms with Crippen molar-refractivity contribution in [3.8, 4) is 0 Å². The number of likely N-dealkylation sites (tertiary alicyclic amines) is 1. The highest BCUT2D eigenvalue weighted by molar-refractivity contribution is 7.92. The first-order valence-electron chi connectivity index (χ1n) is 8.95. The molecule has 142 valence electrons. The van der Waals surface area contributed by atoms with Crippen LogP contribution in [0.25, 0.3) is 0 Å². The van der Waals surface area contributed by atoms with Crippen molar-refractivity contribution >= 4 is 27.3 Å². The molecule has 0 aliphatic carbocycles. The number of hydrogen-bond donors (Lipinski definition) is 2. The van der Waals surface area contributed by atoms with E-state index in [4.69, 9.17) is 0 Å². The maximum absolute atomic E-state index is 12.9. The molecule has 26 heavy (non-hydrogen) atoms. The largest absolute Gasteiger partial charge is 0.339 e. The molecule has 2 amide bonds. The van der Waals surface area contributed by atoms with Crippen molar-refractivity contribution in [2.75, 3.05) is 37.8 Å². The van der Waals surface area contributed by atoms with Gasteiger partial charge in [-0.2, -0.15) is 0 Å². The molecule has 2 saturated heterocycles. The van der Waals surface area contributed by atoms with E-state index in [1.165, 1.54) is 0 Å². The summed E-state index contributed by atoms with van der Waals surface area (Å²) in [6, 6.07) is 6.72. The molecule has 1 aromatic rings. The predicted octanol–water partition coefficient (Wildman–Crippen LogP) is 1.03. The average Bonchev–Trinajstić information content (AvgIpc) is 3.15. The topological polar surface area (TPSA) is 95.6 Å². The number of hydrogen-bond acceptors (Lipinski definition) is 5. The summed E-state index contributed by atoms with van der Waals surface area (Å²) in [5.74, 6) is -0.578. The van der Waals surface area contributed by atoms with Crippen LogP contribution in [0.1, 0.15) is 36.0 Å². The Bertz CT molecular complexity index is 794. The van der Waals surface area contributed by atoms with E-state index in [1.807, 2.05) is 0 Å². The van der Waals surface area contributed by atoms with Gasteiger partial charge >= 0.3 is 0 Å². The van der Waals surface area contributed by atoms with Gasteiger partial charge in [0.15, 0.2) is 14.6 Å². The summed E-state index contributed by atoms with van der Waals surface area (Å²) in [5, 5.41) is 5.82. The molecule has 2 fully saturated rings. The zero-order valence-corrected chi connectivity index (χ0v) is 15.8. The van der Waals surface area contributed by atoms with Crippen LogP contribution in [-0.2, 0) is 14.6 Å². The summed E-state index contributed by atoms with van der Waals surface area (Å²) in [4.78, 5) is 27.2. The molecule has 0 saturated carbocycles. The van der Waals surface area contributed by atoms with Crippen LogP contribution in [0.4, 0.5) is 5.69 Å². The summed E-state index contributed by atoms with van der Waals surface area (Å²) in [7, 11) is -3.57. The number of piperidine rings is 1. The van der Waals surface area contributed by atoms with Gasteiger partial charge in [-0.05, 0) is 57.0 Å². The Morgan fingerprint density at radius 2 is 1.81 bits per heavy atom. The zero-order chi connectivity index (χ0) is 18.8. The highest BCUT2D eigenvalue weighted by Gasteiger charge is 2.48. The van der Waals surface area contributed by atoms with Crippen LogP contribution in [0.2, 0.25) is 0 Å². The number of anilines is 1. The second kappa shape index (κ2) is 7.36. The summed E-state index contributed by atoms with van der Waals surface area (Å²) >= 11 is 0. The maximum atomic E-state index is 12.9. The van der Waals surface area contributed by atoms with Crippen LogP contribution in [0.5, 0.6) is 0 Å². The normalized spacial score (nSPS) is 20.0. The molecule has 2 aliphatic rings. The van der Waals surface area contributed by atoms with Crippen molar-refractivity contribution < 1.29 is 18.0 Å².